The van der Waals surface area contributed by atoms with Crippen LogP contribution in [0.1, 0.15) is 33.6 Å². The van der Waals surface area contributed by atoms with Crippen molar-refractivity contribution in [1.29, 1.82) is 0 Å². The van der Waals surface area contributed by atoms with Crippen LogP contribution in [0.5, 0.6) is 0 Å². The molecule has 0 fully saturated rings. The summed E-state index contributed by atoms with van der Waals surface area (Å²) in [5.74, 6) is 0.660. The Kier molecular flexibility index (Phi) is 4.01. The van der Waals surface area contributed by atoms with Gasteiger partial charge in [0.25, 0.3) is 0 Å². The number of carbonyl (C=O) groups excluding carboxylic acids is 1. The van der Waals surface area contributed by atoms with Gasteiger partial charge in [0.15, 0.2) is 0 Å². The molecule has 1 unspecified atom stereocenters. The molecule has 0 aromatic rings. The minimum Gasteiger partial charge on any atom is -0.300 e. The van der Waals surface area contributed by atoms with Gasteiger partial charge in [-0.3, -0.25) is 0 Å². The maximum atomic E-state index is 10.7. The van der Waals surface area contributed by atoms with Gasteiger partial charge in [-0.25, -0.2) is 0 Å². The van der Waals surface area contributed by atoms with Crippen molar-refractivity contribution in [3.63, 3.8) is 0 Å². The molecule has 0 aliphatic heterocycles. The van der Waals surface area contributed by atoms with E-state index >= 15 is 0 Å². The van der Waals surface area contributed by atoms with E-state index in [0.29, 0.717) is 12.3 Å². The lowest BCUT2D eigenvalue weighted by atomic mass is 9.94. The van der Waals surface area contributed by atoms with Crippen LogP contribution in [0, 0.1) is 5.92 Å². The van der Waals surface area contributed by atoms with Crippen molar-refractivity contribution < 1.29 is 4.79 Å². The molecule has 0 heterocycles. The summed E-state index contributed by atoms with van der Waals surface area (Å²) in [4.78, 5) is 10.7. The van der Waals surface area contributed by atoms with E-state index in [-0.39, 0.29) is 5.78 Å². The molecule has 0 N–H and O–H groups in total. The van der Waals surface area contributed by atoms with Crippen LogP contribution in [0.25, 0.3) is 0 Å². The minimum absolute atomic E-state index is 0.259. The average Bonchev–Trinajstić information content (AvgIpc) is 1.81. The van der Waals surface area contributed by atoms with Crippen molar-refractivity contribution in [1.82, 2.24) is 0 Å². The SMILES string of the molecule is C=C(C)C(CC)CC(C)=O. The highest BCUT2D eigenvalue weighted by Gasteiger charge is 2.08. The standard InChI is InChI=1S/C9H16O/c1-5-9(7(2)3)6-8(4)10/h9H,2,5-6H2,1,3-4H3. The van der Waals surface area contributed by atoms with Crippen LogP contribution in [-0.4, -0.2) is 5.78 Å². The number of rotatable bonds is 4. The van der Waals surface area contributed by atoms with Crippen LogP contribution in [-0.2, 0) is 4.79 Å². The van der Waals surface area contributed by atoms with E-state index < -0.39 is 0 Å². The van der Waals surface area contributed by atoms with Crippen LogP contribution in [0.3, 0.4) is 0 Å². The molecule has 1 nitrogen and oxygen atoms in total. The molecule has 0 spiro atoms. The second kappa shape index (κ2) is 4.26. The van der Waals surface area contributed by atoms with Gasteiger partial charge in [-0.1, -0.05) is 19.1 Å². The van der Waals surface area contributed by atoms with Gasteiger partial charge < -0.3 is 4.79 Å². The number of hydrogen-bond acceptors (Lipinski definition) is 1. The molecule has 0 bridgehead atoms. The van der Waals surface area contributed by atoms with Gasteiger partial charge in [-0.05, 0) is 26.2 Å². The first-order valence-corrected chi connectivity index (χ1v) is 3.72. The summed E-state index contributed by atoms with van der Waals surface area (Å²) in [6, 6.07) is 0. The van der Waals surface area contributed by atoms with Gasteiger partial charge in [0.1, 0.15) is 5.78 Å². The molecule has 0 saturated heterocycles. The summed E-state index contributed by atoms with van der Waals surface area (Å²) < 4.78 is 0. The predicted octanol–water partition coefficient (Wildman–Crippen LogP) is 2.57. The Morgan fingerprint density at radius 1 is 1.50 bits per heavy atom. The summed E-state index contributed by atoms with van der Waals surface area (Å²) in [5, 5.41) is 0. The van der Waals surface area contributed by atoms with E-state index in [1.807, 2.05) is 6.92 Å². The first-order chi connectivity index (χ1) is 4.57. The van der Waals surface area contributed by atoms with Crippen molar-refractivity contribution in [2.24, 2.45) is 5.92 Å². The fraction of sp³-hybridized carbons (Fsp3) is 0.667. The minimum atomic E-state index is 0.259. The van der Waals surface area contributed by atoms with E-state index in [4.69, 9.17) is 0 Å². The van der Waals surface area contributed by atoms with Crippen molar-refractivity contribution in [2.75, 3.05) is 0 Å². The smallest absolute Gasteiger partial charge is 0.130 e. The third kappa shape index (κ3) is 3.44. The fourth-order valence-electron chi connectivity index (χ4n) is 1.01. The molecule has 0 radical (unpaired) electrons. The van der Waals surface area contributed by atoms with Gasteiger partial charge >= 0.3 is 0 Å². The summed E-state index contributed by atoms with van der Waals surface area (Å²) in [7, 11) is 0. The van der Waals surface area contributed by atoms with Crippen molar-refractivity contribution in [2.45, 2.75) is 33.6 Å². The summed E-state index contributed by atoms with van der Waals surface area (Å²) in [6.07, 6.45) is 1.68. The summed E-state index contributed by atoms with van der Waals surface area (Å²) in [6.45, 7) is 9.53. The predicted molar refractivity (Wildman–Crippen MR) is 43.9 cm³/mol. The van der Waals surface area contributed by atoms with E-state index in [2.05, 4.69) is 13.5 Å². The number of allylic oxidation sites excluding steroid dienone is 1. The van der Waals surface area contributed by atoms with E-state index in [1.165, 1.54) is 0 Å². The van der Waals surface area contributed by atoms with Crippen LogP contribution in [0.2, 0.25) is 0 Å². The van der Waals surface area contributed by atoms with Gasteiger partial charge in [0.05, 0.1) is 0 Å². The third-order valence-electron chi connectivity index (χ3n) is 1.72. The lowest BCUT2D eigenvalue weighted by Crippen LogP contribution is -2.04. The molecular formula is C9H16O. The largest absolute Gasteiger partial charge is 0.300 e. The quantitative estimate of drug-likeness (QED) is 0.548. The highest BCUT2D eigenvalue weighted by atomic mass is 16.1. The van der Waals surface area contributed by atoms with Gasteiger partial charge in [-0.2, -0.15) is 0 Å². The maximum Gasteiger partial charge on any atom is 0.130 e. The number of carbonyl (C=O) groups is 1. The molecule has 0 aromatic carbocycles. The van der Waals surface area contributed by atoms with Crippen molar-refractivity contribution in [3.8, 4) is 0 Å². The van der Waals surface area contributed by atoms with Crippen molar-refractivity contribution >= 4 is 5.78 Å². The second-order valence-corrected chi connectivity index (χ2v) is 2.86. The Hall–Kier alpha value is -0.590. The van der Waals surface area contributed by atoms with Crippen molar-refractivity contribution in [3.05, 3.63) is 12.2 Å². The summed E-state index contributed by atoms with van der Waals surface area (Å²) in [5.41, 5.74) is 1.12. The van der Waals surface area contributed by atoms with Crippen LogP contribution >= 0.6 is 0 Å². The third-order valence-corrected chi connectivity index (χ3v) is 1.72. The van der Waals surface area contributed by atoms with Crippen LogP contribution < -0.4 is 0 Å². The normalized spacial score (nSPS) is 12.7. The number of hydrogen-bond donors (Lipinski definition) is 0. The maximum absolute atomic E-state index is 10.7. The molecular weight excluding hydrogens is 124 g/mol. The van der Waals surface area contributed by atoms with E-state index in [9.17, 15) is 4.79 Å². The Morgan fingerprint density at radius 2 is 2.00 bits per heavy atom. The first-order valence-electron chi connectivity index (χ1n) is 3.72. The Labute approximate surface area is 63.1 Å². The highest BCUT2D eigenvalue weighted by Crippen LogP contribution is 2.16. The Bertz CT molecular complexity index is 136. The molecule has 0 aliphatic carbocycles. The fourth-order valence-corrected chi connectivity index (χ4v) is 1.01. The van der Waals surface area contributed by atoms with Crippen LogP contribution in [0.15, 0.2) is 12.2 Å². The molecule has 10 heavy (non-hydrogen) atoms. The molecule has 1 atom stereocenters. The van der Waals surface area contributed by atoms with E-state index in [0.717, 1.165) is 12.0 Å². The first kappa shape index (κ1) is 9.41. The lowest BCUT2D eigenvalue weighted by molar-refractivity contribution is -0.117. The molecule has 58 valence electrons. The average molecular weight is 140 g/mol. The monoisotopic (exact) mass is 140 g/mol. The lowest BCUT2D eigenvalue weighted by Gasteiger charge is -2.11. The molecule has 0 rings (SSSR count). The zero-order valence-electron chi connectivity index (χ0n) is 7.11. The van der Waals surface area contributed by atoms with Gasteiger partial charge in [0.2, 0.25) is 0 Å². The molecule has 0 aliphatic rings. The van der Waals surface area contributed by atoms with Crippen LogP contribution in [0.4, 0.5) is 0 Å². The zero-order chi connectivity index (χ0) is 8.15. The Balaban J connectivity index is 3.83. The summed E-state index contributed by atoms with van der Waals surface area (Å²) >= 11 is 0. The number of Topliss-reactive ketones (excluding diaryl/α,β-unsaturated/α-hetero) is 1. The van der Waals surface area contributed by atoms with Gasteiger partial charge in [-0.15, -0.1) is 0 Å². The van der Waals surface area contributed by atoms with E-state index in [1.54, 1.807) is 6.92 Å². The molecule has 0 amide bonds. The highest BCUT2D eigenvalue weighted by molar-refractivity contribution is 5.76. The van der Waals surface area contributed by atoms with Gasteiger partial charge in [0, 0.05) is 6.42 Å². The molecule has 1 heteroatoms. The molecule has 0 saturated carbocycles. The topological polar surface area (TPSA) is 17.1 Å². The zero-order valence-corrected chi connectivity index (χ0v) is 7.11. The molecule has 0 aromatic heterocycles. The second-order valence-electron chi connectivity index (χ2n) is 2.86. The Morgan fingerprint density at radius 3 is 2.10 bits per heavy atom. The number of ketones is 1.